The summed E-state index contributed by atoms with van der Waals surface area (Å²) in [6, 6.07) is 7.30. The van der Waals surface area contributed by atoms with Crippen LogP contribution >= 0.6 is 0 Å². The van der Waals surface area contributed by atoms with E-state index >= 15 is 0 Å². The number of aromatic nitrogens is 7. The fourth-order valence-electron chi connectivity index (χ4n) is 4.44. The van der Waals surface area contributed by atoms with E-state index in [9.17, 15) is 9.90 Å². The van der Waals surface area contributed by atoms with E-state index < -0.39 is 5.97 Å². The van der Waals surface area contributed by atoms with Crippen molar-refractivity contribution in [3.63, 3.8) is 0 Å². The van der Waals surface area contributed by atoms with Crippen molar-refractivity contribution in [3.8, 4) is 11.3 Å². The number of carboxylic acids is 1. The van der Waals surface area contributed by atoms with E-state index in [2.05, 4.69) is 38.1 Å². The molecule has 0 bridgehead atoms. The Kier molecular flexibility index (Phi) is 5.06. The van der Waals surface area contributed by atoms with Crippen molar-refractivity contribution in [2.45, 2.75) is 32.4 Å². The molecule has 10 heteroatoms. The zero-order valence-corrected chi connectivity index (χ0v) is 18.5. The Hall–Kier alpha value is -4.05. The van der Waals surface area contributed by atoms with Gasteiger partial charge in [-0.25, -0.2) is 14.5 Å². The smallest absolute Gasteiger partial charge is 0.335 e. The Morgan fingerprint density at radius 3 is 2.94 bits per heavy atom. The zero-order chi connectivity index (χ0) is 23.1. The fraction of sp³-hybridized carbons (Fsp3) is 0.292. The minimum absolute atomic E-state index is 0.166. The quantitative estimate of drug-likeness (QED) is 0.327. The summed E-state index contributed by atoms with van der Waals surface area (Å²) in [6.07, 6.45) is 11.6. The Morgan fingerprint density at radius 2 is 2.12 bits per heavy atom. The molecule has 0 atom stereocenters. The number of hydrogen-bond donors (Lipinski definition) is 3. The van der Waals surface area contributed by atoms with Crippen molar-refractivity contribution < 1.29 is 9.90 Å². The van der Waals surface area contributed by atoms with E-state index in [0.29, 0.717) is 23.3 Å². The van der Waals surface area contributed by atoms with Gasteiger partial charge in [-0.2, -0.15) is 5.10 Å². The topological polar surface area (TPSA) is 126 Å². The highest BCUT2D eigenvalue weighted by Gasteiger charge is 2.17. The maximum atomic E-state index is 11.5. The molecule has 1 saturated carbocycles. The van der Waals surface area contributed by atoms with E-state index in [-0.39, 0.29) is 5.56 Å². The van der Waals surface area contributed by atoms with E-state index in [1.54, 1.807) is 29.2 Å². The molecule has 1 aliphatic carbocycles. The van der Waals surface area contributed by atoms with Gasteiger partial charge in [-0.05, 0) is 49.1 Å². The Bertz CT molecular complexity index is 1490. The van der Waals surface area contributed by atoms with Gasteiger partial charge in [0, 0.05) is 29.9 Å². The highest BCUT2D eigenvalue weighted by atomic mass is 16.4. The third-order valence-corrected chi connectivity index (χ3v) is 6.49. The van der Waals surface area contributed by atoms with E-state index in [4.69, 9.17) is 4.98 Å². The van der Waals surface area contributed by atoms with Crippen LogP contribution in [-0.4, -0.2) is 52.2 Å². The van der Waals surface area contributed by atoms with Gasteiger partial charge in [0.05, 0.1) is 35.7 Å². The van der Waals surface area contributed by atoms with Gasteiger partial charge in [0.1, 0.15) is 11.3 Å². The molecule has 0 amide bonds. The van der Waals surface area contributed by atoms with Crippen LogP contribution < -0.4 is 5.32 Å². The fourth-order valence-corrected chi connectivity index (χ4v) is 4.44. The zero-order valence-electron chi connectivity index (χ0n) is 18.5. The van der Waals surface area contributed by atoms with Gasteiger partial charge in [-0.15, -0.1) is 5.10 Å². The average Bonchev–Trinajstić information content (AvgIpc) is 3.53. The van der Waals surface area contributed by atoms with Crippen molar-refractivity contribution in [1.82, 2.24) is 39.9 Å². The number of fused-ring (bicyclic) bond motifs is 2. The Labute approximate surface area is 194 Å². The van der Waals surface area contributed by atoms with Crippen LogP contribution in [0.5, 0.6) is 0 Å². The second-order valence-corrected chi connectivity index (χ2v) is 8.92. The molecule has 10 nitrogen and oxygen atoms in total. The van der Waals surface area contributed by atoms with Crippen LogP contribution in [0.15, 0.2) is 49.1 Å². The minimum Gasteiger partial charge on any atom is -0.478 e. The summed E-state index contributed by atoms with van der Waals surface area (Å²) in [5.74, 6) is -0.167. The number of nitrogens with zero attached hydrogens (tertiary/aromatic N) is 6. The number of pyridine rings is 1. The highest BCUT2D eigenvalue weighted by Crippen LogP contribution is 2.28. The first-order chi connectivity index (χ1) is 16.6. The van der Waals surface area contributed by atoms with E-state index in [0.717, 1.165) is 35.7 Å². The van der Waals surface area contributed by atoms with E-state index in [1.165, 1.54) is 24.8 Å². The molecular weight excluding hydrogens is 432 g/mol. The molecule has 4 aromatic heterocycles. The van der Waals surface area contributed by atoms with Gasteiger partial charge >= 0.3 is 5.97 Å². The number of rotatable bonds is 8. The number of benzene rings is 1. The summed E-state index contributed by atoms with van der Waals surface area (Å²) in [6.45, 7) is 2.39. The second-order valence-electron chi connectivity index (χ2n) is 8.92. The standard InChI is InChI=1S/C24H24N8O2/c33-24(34)17-6-19(20-10-26-28-21(20)7-17)22-14-32(30-29-22)13-18-12-31-11-16(4-5-23(31)27-18)9-25-8-15-2-1-3-15/h4-7,10-12,14-15,25H,1-3,8-9,13H2,(H,26,28)(H,33,34). The summed E-state index contributed by atoms with van der Waals surface area (Å²) < 4.78 is 3.75. The number of H-pyrrole nitrogens is 1. The Balaban J connectivity index is 1.20. The molecule has 0 aliphatic heterocycles. The summed E-state index contributed by atoms with van der Waals surface area (Å²) in [4.78, 5) is 16.2. The number of aromatic carboxylic acids is 1. The van der Waals surface area contributed by atoms with Crippen molar-refractivity contribution in [2.24, 2.45) is 5.92 Å². The third-order valence-electron chi connectivity index (χ3n) is 6.49. The van der Waals surface area contributed by atoms with Crippen molar-refractivity contribution >= 4 is 22.5 Å². The van der Waals surface area contributed by atoms with Crippen molar-refractivity contribution in [1.29, 1.82) is 0 Å². The van der Waals surface area contributed by atoms with Crippen LogP contribution in [-0.2, 0) is 13.1 Å². The van der Waals surface area contributed by atoms with Gasteiger partial charge in [0.15, 0.2) is 0 Å². The summed E-state index contributed by atoms with van der Waals surface area (Å²) in [7, 11) is 0. The molecule has 1 fully saturated rings. The molecular formula is C24H24N8O2. The number of aromatic amines is 1. The summed E-state index contributed by atoms with van der Waals surface area (Å²) >= 11 is 0. The molecule has 3 N–H and O–H groups in total. The molecule has 1 aromatic carbocycles. The summed E-state index contributed by atoms with van der Waals surface area (Å²) in [5, 5.41) is 29.2. The number of imidazole rings is 1. The molecule has 0 radical (unpaired) electrons. The normalized spacial score (nSPS) is 14.1. The molecule has 6 rings (SSSR count). The predicted octanol–water partition coefficient (Wildman–Crippen LogP) is 3.11. The van der Waals surface area contributed by atoms with Gasteiger partial charge in [-0.1, -0.05) is 17.7 Å². The third kappa shape index (κ3) is 3.92. The first-order valence-corrected chi connectivity index (χ1v) is 11.4. The lowest BCUT2D eigenvalue weighted by atomic mass is 9.85. The van der Waals surface area contributed by atoms with Crippen LogP contribution in [0, 0.1) is 5.92 Å². The maximum Gasteiger partial charge on any atom is 0.335 e. The molecule has 5 aromatic rings. The largest absolute Gasteiger partial charge is 0.478 e. The molecule has 34 heavy (non-hydrogen) atoms. The van der Waals surface area contributed by atoms with Gasteiger partial charge in [0.25, 0.3) is 0 Å². The second kappa shape index (κ2) is 8.38. The molecule has 0 spiro atoms. The van der Waals surface area contributed by atoms with Crippen LogP contribution in [0.4, 0.5) is 0 Å². The lowest BCUT2D eigenvalue weighted by molar-refractivity contribution is 0.0697. The SMILES string of the molecule is O=C(O)c1cc(-c2cn(Cc3cn4cc(CNCC5CCC5)ccc4n3)nn2)c2cn[nH]c2c1. The van der Waals surface area contributed by atoms with Gasteiger partial charge in [0.2, 0.25) is 0 Å². The number of carbonyl (C=O) groups is 1. The highest BCUT2D eigenvalue weighted by molar-refractivity contribution is 6.00. The van der Waals surface area contributed by atoms with Crippen molar-refractivity contribution in [2.75, 3.05) is 6.54 Å². The maximum absolute atomic E-state index is 11.5. The number of nitrogens with one attached hydrogen (secondary N) is 2. The molecule has 1 aliphatic rings. The number of carboxylic acid groups (broad SMARTS) is 1. The summed E-state index contributed by atoms with van der Waals surface area (Å²) in [5.41, 5.74) is 5.03. The van der Waals surface area contributed by atoms with Crippen LogP contribution in [0.25, 0.3) is 27.8 Å². The molecule has 4 heterocycles. The average molecular weight is 457 g/mol. The predicted molar refractivity (Wildman–Crippen MR) is 125 cm³/mol. The van der Waals surface area contributed by atoms with Crippen LogP contribution in [0.2, 0.25) is 0 Å². The minimum atomic E-state index is -1.01. The molecule has 172 valence electrons. The van der Waals surface area contributed by atoms with Crippen molar-refractivity contribution in [3.05, 3.63) is 65.9 Å². The lowest BCUT2D eigenvalue weighted by Gasteiger charge is -2.25. The van der Waals surface area contributed by atoms with Crippen LogP contribution in [0.3, 0.4) is 0 Å². The monoisotopic (exact) mass is 456 g/mol. The first kappa shape index (κ1) is 20.5. The number of hydrogen-bond acceptors (Lipinski definition) is 6. The lowest BCUT2D eigenvalue weighted by Crippen LogP contribution is -2.26. The van der Waals surface area contributed by atoms with Crippen LogP contribution in [0.1, 0.15) is 40.9 Å². The Morgan fingerprint density at radius 1 is 1.21 bits per heavy atom. The molecule has 0 unspecified atom stereocenters. The first-order valence-electron chi connectivity index (χ1n) is 11.4. The van der Waals surface area contributed by atoms with Gasteiger partial charge in [-0.3, -0.25) is 5.10 Å². The van der Waals surface area contributed by atoms with Gasteiger partial charge < -0.3 is 14.8 Å². The molecule has 0 saturated heterocycles. The van der Waals surface area contributed by atoms with E-state index in [1.807, 2.05) is 16.7 Å².